The third-order valence-corrected chi connectivity index (χ3v) is 4.34. The van der Waals surface area contributed by atoms with Gasteiger partial charge in [0, 0.05) is 28.3 Å². The summed E-state index contributed by atoms with van der Waals surface area (Å²) in [6, 6.07) is 11.4. The molecule has 134 valence electrons. The molecule has 0 saturated carbocycles. The molecule has 3 aromatic rings. The van der Waals surface area contributed by atoms with E-state index in [0.717, 1.165) is 44.7 Å². The Morgan fingerprint density at radius 1 is 1.23 bits per heavy atom. The van der Waals surface area contributed by atoms with E-state index in [9.17, 15) is 4.79 Å². The van der Waals surface area contributed by atoms with Gasteiger partial charge >= 0.3 is 0 Å². The number of furan rings is 1. The molecule has 4 nitrogen and oxygen atoms in total. The van der Waals surface area contributed by atoms with Gasteiger partial charge in [-0.2, -0.15) is 0 Å². The van der Waals surface area contributed by atoms with Crippen molar-refractivity contribution in [2.75, 3.05) is 11.9 Å². The lowest BCUT2D eigenvalue weighted by atomic mass is 9.98. The van der Waals surface area contributed by atoms with Gasteiger partial charge in [-0.3, -0.25) is 4.79 Å². The van der Waals surface area contributed by atoms with Crippen molar-refractivity contribution < 1.29 is 13.9 Å². The molecule has 4 heteroatoms. The first-order valence-electron chi connectivity index (χ1n) is 8.70. The molecular formula is C22H23NO3. The monoisotopic (exact) mass is 349 g/mol. The predicted molar refractivity (Wildman–Crippen MR) is 106 cm³/mol. The van der Waals surface area contributed by atoms with Crippen LogP contribution < -0.4 is 10.1 Å². The number of carbonyl (C=O) groups is 1. The first kappa shape index (κ1) is 17.8. The second-order valence-corrected chi connectivity index (χ2v) is 6.29. The lowest BCUT2D eigenvalue weighted by Gasteiger charge is -2.14. The van der Waals surface area contributed by atoms with E-state index in [2.05, 4.69) is 5.32 Å². The smallest absolute Gasteiger partial charge is 0.248 e. The summed E-state index contributed by atoms with van der Waals surface area (Å²) in [4.78, 5) is 12.4. The Bertz CT molecular complexity index is 968. The third-order valence-electron chi connectivity index (χ3n) is 4.34. The van der Waals surface area contributed by atoms with Crippen LogP contribution in [0.4, 0.5) is 5.69 Å². The molecule has 3 rings (SSSR count). The molecule has 0 atom stereocenters. The van der Waals surface area contributed by atoms with Crippen LogP contribution in [0.5, 0.6) is 5.75 Å². The molecule has 26 heavy (non-hydrogen) atoms. The summed E-state index contributed by atoms with van der Waals surface area (Å²) in [6.45, 7) is 8.40. The summed E-state index contributed by atoms with van der Waals surface area (Å²) >= 11 is 0. The molecule has 0 unspecified atom stereocenters. The summed E-state index contributed by atoms with van der Waals surface area (Å²) in [6.07, 6.45) is 3.35. The second kappa shape index (κ2) is 7.48. The Hall–Kier alpha value is -3.01. The van der Waals surface area contributed by atoms with Crippen molar-refractivity contribution in [3.63, 3.8) is 0 Å². The van der Waals surface area contributed by atoms with Gasteiger partial charge in [-0.25, -0.2) is 0 Å². The van der Waals surface area contributed by atoms with Crippen molar-refractivity contribution in [2.45, 2.75) is 27.7 Å². The average Bonchev–Trinajstić information content (AvgIpc) is 2.99. The van der Waals surface area contributed by atoms with Gasteiger partial charge in [0.1, 0.15) is 11.3 Å². The van der Waals surface area contributed by atoms with Crippen LogP contribution in [-0.4, -0.2) is 12.5 Å². The summed E-state index contributed by atoms with van der Waals surface area (Å²) < 4.78 is 11.6. The Labute approximate surface area is 153 Å². The normalized spacial score (nSPS) is 11.6. The van der Waals surface area contributed by atoms with E-state index in [1.807, 2.05) is 64.1 Å². The van der Waals surface area contributed by atoms with E-state index in [1.165, 1.54) is 0 Å². The molecule has 1 aromatic heterocycles. The Balaban J connectivity index is 2.00. The van der Waals surface area contributed by atoms with Crippen molar-refractivity contribution in [1.82, 2.24) is 0 Å². The number of anilines is 1. The highest BCUT2D eigenvalue weighted by molar-refractivity contribution is 6.05. The fourth-order valence-electron chi connectivity index (χ4n) is 3.04. The molecule has 0 fully saturated rings. The van der Waals surface area contributed by atoms with Gasteiger partial charge in [-0.15, -0.1) is 0 Å². The highest BCUT2D eigenvalue weighted by Crippen LogP contribution is 2.37. The molecule has 0 aliphatic heterocycles. The Kier molecular flexibility index (Phi) is 5.12. The first-order chi connectivity index (χ1) is 12.5. The van der Waals surface area contributed by atoms with Crippen molar-refractivity contribution in [1.29, 1.82) is 0 Å². The fourth-order valence-corrected chi connectivity index (χ4v) is 3.04. The number of aryl methyl sites for hydroxylation is 2. The van der Waals surface area contributed by atoms with E-state index < -0.39 is 0 Å². The number of hydrogen-bond acceptors (Lipinski definition) is 3. The van der Waals surface area contributed by atoms with Crippen LogP contribution in [0.1, 0.15) is 30.5 Å². The first-order valence-corrected chi connectivity index (χ1v) is 8.70. The Morgan fingerprint density at radius 3 is 2.65 bits per heavy atom. The number of rotatable bonds is 5. The SMILES string of the molecule is CCOc1c(/C(C)=C/C(=O)Nc2ccccc2)cc2c(C)coc2c1C. The Morgan fingerprint density at radius 2 is 1.96 bits per heavy atom. The van der Waals surface area contributed by atoms with Crippen molar-refractivity contribution in [3.05, 3.63) is 65.4 Å². The van der Waals surface area contributed by atoms with Gasteiger partial charge in [0.2, 0.25) is 5.91 Å². The fraction of sp³-hybridized carbons (Fsp3) is 0.227. The number of carbonyl (C=O) groups excluding carboxylic acids is 1. The van der Waals surface area contributed by atoms with E-state index in [-0.39, 0.29) is 5.91 Å². The van der Waals surface area contributed by atoms with E-state index >= 15 is 0 Å². The van der Waals surface area contributed by atoms with Crippen molar-refractivity contribution >= 4 is 28.1 Å². The van der Waals surface area contributed by atoms with Crippen LogP contribution in [0, 0.1) is 13.8 Å². The summed E-state index contributed by atoms with van der Waals surface area (Å²) in [5.74, 6) is 0.591. The largest absolute Gasteiger partial charge is 0.493 e. The maximum Gasteiger partial charge on any atom is 0.248 e. The lowest BCUT2D eigenvalue weighted by molar-refractivity contribution is -0.111. The minimum Gasteiger partial charge on any atom is -0.493 e. The van der Waals surface area contributed by atoms with Gasteiger partial charge in [-0.1, -0.05) is 18.2 Å². The number of hydrogen-bond donors (Lipinski definition) is 1. The quantitative estimate of drug-likeness (QED) is 0.620. The molecule has 2 aromatic carbocycles. The molecule has 1 heterocycles. The minimum atomic E-state index is -0.169. The van der Waals surface area contributed by atoms with E-state index in [1.54, 1.807) is 12.3 Å². The highest BCUT2D eigenvalue weighted by atomic mass is 16.5. The zero-order valence-corrected chi connectivity index (χ0v) is 15.6. The molecule has 0 aliphatic rings. The van der Waals surface area contributed by atoms with Crippen LogP contribution in [0.3, 0.4) is 0 Å². The van der Waals surface area contributed by atoms with Gasteiger partial charge in [0.15, 0.2) is 0 Å². The standard InChI is InChI=1S/C22H23NO3/c1-5-25-21-16(4)22-19(15(3)13-26-22)12-18(21)14(2)11-20(24)23-17-9-7-6-8-10-17/h6-13H,5H2,1-4H3,(H,23,24)/b14-11+. The molecule has 0 radical (unpaired) electrons. The molecule has 1 N–H and O–H groups in total. The van der Waals surface area contributed by atoms with Gasteiger partial charge < -0.3 is 14.5 Å². The molecule has 0 spiro atoms. The topological polar surface area (TPSA) is 51.5 Å². The van der Waals surface area contributed by atoms with Crippen LogP contribution in [0.15, 0.2) is 53.2 Å². The molecule has 1 amide bonds. The van der Waals surface area contributed by atoms with Crippen LogP contribution in [-0.2, 0) is 4.79 Å². The van der Waals surface area contributed by atoms with Crippen molar-refractivity contribution in [3.8, 4) is 5.75 Å². The molecule has 0 bridgehead atoms. The van der Waals surface area contributed by atoms with Crippen LogP contribution in [0.2, 0.25) is 0 Å². The highest BCUT2D eigenvalue weighted by Gasteiger charge is 2.17. The van der Waals surface area contributed by atoms with Crippen LogP contribution in [0.25, 0.3) is 16.5 Å². The molecule has 0 aliphatic carbocycles. The number of nitrogens with one attached hydrogen (secondary N) is 1. The van der Waals surface area contributed by atoms with Gasteiger partial charge in [-0.05, 0) is 57.0 Å². The number of para-hydroxylation sites is 1. The summed E-state index contributed by atoms with van der Waals surface area (Å²) in [5.41, 5.74) is 5.36. The van der Waals surface area contributed by atoms with Gasteiger partial charge in [0.05, 0.1) is 12.9 Å². The lowest BCUT2D eigenvalue weighted by Crippen LogP contribution is -2.08. The summed E-state index contributed by atoms with van der Waals surface area (Å²) in [5, 5.41) is 3.92. The maximum atomic E-state index is 12.4. The number of fused-ring (bicyclic) bond motifs is 1. The third kappa shape index (κ3) is 3.49. The number of benzene rings is 2. The van der Waals surface area contributed by atoms with E-state index in [0.29, 0.717) is 6.61 Å². The minimum absolute atomic E-state index is 0.169. The number of ether oxygens (including phenoxy) is 1. The van der Waals surface area contributed by atoms with E-state index in [4.69, 9.17) is 9.15 Å². The molecular weight excluding hydrogens is 326 g/mol. The molecule has 0 saturated heterocycles. The zero-order chi connectivity index (χ0) is 18.7. The number of amides is 1. The predicted octanol–water partition coefficient (Wildman–Crippen LogP) is 5.49. The van der Waals surface area contributed by atoms with Gasteiger partial charge in [0.25, 0.3) is 0 Å². The van der Waals surface area contributed by atoms with Crippen molar-refractivity contribution in [2.24, 2.45) is 0 Å². The average molecular weight is 349 g/mol. The number of allylic oxidation sites excluding steroid dienone is 1. The second-order valence-electron chi connectivity index (χ2n) is 6.29. The van der Waals surface area contributed by atoms with Crippen LogP contribution >= 0.6 is 0 Å². The zero-order valence-electron chi connectivity index (χ0n) is 15.6. The maximum absolute atomic E-state index is 12.4. The summed E-state index contributed by atoms with van der Waals surface area (Å²) in [7, 11) is 0.